The number of aliphatic carboxylic acids is 1. The van der Waals surface area contributed by atoms with Crippen molar-refractivity contribution in [2.24, 2.45) is 5.73 Å². The largest absolute Gasteiger partial charge is 0.478 e. The van der Waals surface area contributed by atoms with E-state index in [4.69, 9.17) is 10.8 Å². The summed E-state index contributed by atoms with van der Waals surface area (Å²) in [5, 5.41) is 11.5. The first-order valence-electron chi connectivity index (χ1n) is 4.35. The predicted octanol–water partition coefficient (Wildman–Crippen LogP) is -0.129. The van der Waals surface area contributed by atoms with E-state index in [1.165, 1.54) is 6.92 Å². The molecule has 14 heavy (non-hydrogen) atoms. The van der Waals surface area contributed by atoms with Gasteiger partial charge in [-0.25, -0.2) is 4.79 Å². The number of hydrogen-bond acceptors (Lipinski definition) is 3. The van der Waals surface area contributed by atoms with E-state index in [0.29, 0.717) is 6.54 Å². The summed E-state index contributed by atoms with van der Waals surface area (Å²) in [6, 6.07) is -0.0367. The zero-order valence-corrected chi connectivity index (χ0v) is 8.41. The molecule has 0 aromatic heterocycles. The van der Waals surface area contributed by atoms with E-state index in [2.05, 4.69) is 5.32 Å². The third kappa shape index (κ3) is 6.19. The van der Waals surface area contributed by atoms with Crippen LogP contribution in [0.25, 0.3) is 0 Å². The van der Waals surface area contributed by atoms with Gasteiger partial charge >= 0.3 is 5.97 Å². The molecule has 0 radical (unpaired) electrons. The molecule has 0 fully saturated rings. The maximum atomic E-state index is 10.5. The van der Waals surface area contributed by atoms with Crippen molar-refractivity contribution in [3.8, 4) is 0 Å². The SMILES string of the molecule is C/C(=C/CNC(C)CC(N)=O)C(=O)O. The lowest BCUT2D eigenvalue weighted by Gasteiger charge is -2.09. The van der Waals surface area contributed by atoms with Gasteiger partial charge in [0.05, 0.1) is 0 Å². The van der Waals surface area contributed by atoms with Gasteiger partial charge in [-0.3, -0.25) is 4.79 Å². The number of carboxylic acid groups (broad SMARTS) is 1. The standard InChI is InChI=1S/C9H16N2O3/c1-6(9(13)14)3-4-11-7(2)5-8(10)12/h3,7,11H,4-5H2,1-2H3,(H2,10,12)(H,13,14)/b6-3-. The van der Waals surface area contributed by atoms with Gasteiger partial charge in [-0.15, -0.1) is 0 Å². The summed E-state index contributed by atoms with van der Waals surface area (Å²) < 4.78 is 0. The Morgan fingerprint density at radius 3 is 2.57 bits per heavy atom. The van der Waals surface area contributed by atoms with E-state index in [9.17, 15) is 9.59 Å². The molecular weight excluding hydrogens is 184 g/mol. The smallest absolute Gasteiger partial charge is 0.330 e. The summed E-state index contributed by atoms with van der Waals surface area (Å²) in [7, 11) is 0. The van der Waals surface area contributed by atoms with Gasteiger partial charge in [0, 0.05) is 24.6 Å². The first kappa shape index (κ1) is 12.6. The van der Waals surface area contributed by atoms with Gasteiger partial charge in [0.15, 0.2) is 0 Å². The van der Waals surface area contributed by atoms with Crippen LogP contribution in [0.1, 0.15) is 20.3 Å². The number of amides is 1. The van der Waals surface area contributed by atoms with Crippen molar-refractivity contribution in [3.63, 3.8) is 0 Å². The van der Waals surface area contributed by atoms with Gasteiger partial charge in [-0.1, -0.05) is 6.08 Å². The number of carboxylic acids is 1. The Balaban J connectivity index is 3.78. The molecule has 0 spiro atoms. The van der Waals surface area contributed by atoms with Gasteiger partial charge in [-0.2, -0.15) is 0 Å². The minimum absolute atomic E-state index is 0.0367. The summed E-state index contributed by atoms with van der Waals surface area (Å²) in [5.41, 5.74) is 5.27. The molecule has 80 valence electrons. The Morgan fingerprint density at radius 2 is 2.14 bits per heavy atom. The highest BCUT2D eigenvalue weighted by molar-refractivity contribution is 5.85. The minimum Gasteiger partial charge on any atom is -0.478 e. The van der Waals surface area contributed by atoms with E-state index in [1.54, 1.807) is 6.08 Å². The first-order valence-corrected chi connectivity index (χ1v) is 4.35. The average molecular weight is 200 g/mol. The number of nitrogens with two attached hydrogens (primary N) is 1. The fourth-order valence-corrected chi connectivity index (χ4v) is 0.874. The van der Waals surface area contributed by atoms with Crippen LogP contribution < -0.4 is 11.1 Å². The average Bonchev–Trinajstić information content (AvgIpc) is 2.02. The van der Waals surface area contributed by atoms with E-state index < -0.39 is 5.97 Å². The molecule has 1 unspecified atom stereocenters. The van der Waals surface area contributed by atoms with Gasteiger partial charge < -0.3 is 16.2 Å². The highest BCUT2D eigenvalue weighted by Crippen LogP contribution is 1.92. The summed E-state index contributed by atoms with van der Waals surface area (Å²) in [4.78, 5) is 20.9. The fourth-order valence-electron chi connectivity index (χ4n) is 0.874. The summed E-state index contributed by atoms with van der Waals surface area (Å²) in [5.74, 6) is -1.31. The van der Waals surface area contributed by atoms with Crippen molar-refractivity contribution < 1.29 is 14.7 Å². The Labute approximate surface area is 83.0 Å². The molecule has 0 aromatic carbocycles. The second-order valence-electron chi connectivity index (χ2n) is 3.17. The van der Waals surface area contributed by atoms with Gasteiger partial charge in [0.2, 0.25) is 5.91 Å². The molecule has 1 atom stereocenters. The quantitative estimate of drug-likeness (QED) is 0.521. The molecule has 4 N–H and O–H groups in total. The second-order valence-corrected chi connectivity index (χ2v) is 3.17. The lowest BCUT2D eigenvalue weighted by atomic mass is 10.2. The number of primary amides is 1. The summed E-state index contributed by atoms with van der Waals surface area (Å²) >= 11 is 0. The molecule has 0 heterocycles. The van der Waals surface area contributed by atoms with Crippen LogP contribution in [-0.4, -0.2) is 29.6 Å². The number of rotatable bonds is 6. The van der Waals surface area contributed by atoms with Crippen LogP contribution in [0.15, 0.2) is 11.6 Å². The van der Waals surface area contributed by atoms with Gasteiger partial charge in [0.25, 0.3) is 0 Å². The molecule has 0 saturated carbocycles. The molecule has 0 aromatic rings. The maximum absolute atomic E-state index is 10.5. The van der Waals surface area contributed by atoms with E-state index in [0.717, 1.165) is 0 Å². The molecule has 0 aliphatic heterocycles. The molecule has 0 aliphatic rings. The molecule has 0 rings (SSSR count). The van der Waals surface area contributed by atoms with Crippen molar-refractivity contribution in [1.29, 1.82) is 0 Å². The van der Waals surface area contributed by atoms with Crippen molar-refractivity contribution >= 4 is 11.9 Å². The summed E-state index contributed by atoms with van der Waals surface area (Å²) in [6.45, 7) is 3.75. The zero-order valence-electron chi connectivity index (χ0n) is 8.41. The van der Waals surface area contributed by atoms with Crippen LogP contribution >= 0.6 is 0 Å². The zero-order chi connectivity index (χ0) is 11.1. The van der Waals surface area contributed by atoms with Crippen LogP contribution in [-0.2, 0) is 9.59 Å². The number of carbonyl (C=O) groups is 2. The second kappa shape index (κ2) is 6.15. The lowest BCUT2D eigenvalue weighted by molar-refractivity contribution is -0.132. The van der Waals surface area contributed by atoms with Gasteiger partial charge in [-0.05, 0) is 13.8 Å². The first-order chi connectivity index (χ1) is 6.43. The molecule has 0 saturated heterocycles. The molecule has 0 bridgehead atoms. The molecular formula is C9H16N2O3. The number of hydrogen-bond donors (Lipinski definition) is 3. The van der Waals surface area contributed by atoms with Crippen LogP contribution in [0.5, 0.6) is 0 Å². The van der Waals surface area contributed by atoms with Crippen molar-refractivity contribution in [2.75, 3.05) is 6.54 Å². The Kier molecular flexibility index (Phi) is 5.55. The number of carbonyl (C=O) groups excluding carboxylic acids is 1. The maximum Gasteiger partial charge on any atom is 0.330 e. The van der Waals surface area contributed by atoms with Crippen LogP contribution in [0, 0.1) is 0 Å². The monoisotopic (exact) mass is 200 g/mol. The molecule has 0 aliphatic carbocycles. The Hall–Kier alpha value is -1.36. The van der Waals surface area contributed by atoms with E-state index in [1.807, 2.05) is 6.92 Å². The molecule has 5 nitrogen and oxygen atoms in total. The Morgan fingerprint density at radius 1 is 1.57 bits per heavy atom. The predicted molar refractivity (Wildman–Crippen MR) is 52.7 cm³/mol. The third-order valence-electron chi connectivity index (χ3n) is 1.72. The van der Waals surface area contributed by atoms with Crippen molar-refractivity contribution in [1.82, 2.24) is 5.32 Å². The highest BCUT2D eigenvalue weighted by atomic mass is 16.4. The topological polar surface area (TPSA) is 92.4 Å². The number of nitrogens with one attached hydrogen (secondary N) is 1. The molecule has 1 amide bonds. The van der Waals surface area contributed by atoms with E-state index >= 15 is 0 Å². The minimum atomic E-state index is -0.936. The van der Waals surface area contributed by atoms with Crippen LogP contribution in [0.2, 0.25) is 0 Å². The summed E-state index contributed by atoms with van der Waals surface area (Å²) in [6.07, 6.45) is 1.81. The Bertz CT molecular complexity index is 248. The van der Waals surface area contributed by atoms with Crippen molar-refractivity contribution in [3.05, 3.63) is 11.6 Å². The lowest BCUT2D eigenvalue weighted by Crippen LogP contribution is -2.31. The van der Waals surface area contributed by atoms with Crippen molar-refractivity contribution in [2.45, 2.75) is 26.3 Å². The highest BCUT2D eigenvalue weighted by Gasteiger charge is 2.04. The van der Waals surface area contributed by atoms with Crippen LogP contribution in [0.3, 0.4) is 0 Å². The van der Waals surface area contributed by atoms with E-state index in [-0.39, 0.29) is 23.9 Å². The third-order valence-corrected chi connectivity index (χ3v) is 1.72. The molecule has 5 heteroatoms. The van der Waals surface area contributed by atoms with Gasteiger partial charge in [0.1, 0.15) is 0 Å². The normalized spacial score (nSPS) is 13.7. The fraction of sp³-hybridized carbons (Fsp3) is 0.556. The van der Waals surface area contributed by atoms with Crippen LogP contribution in [0.4, 0.5) is 0 Å².